The molecule has 6 nitrogen and oxygen atoms in total. The number of methoxy groups -OCH3 is 2. The molecule has 0 aromatic heterocycles. The normalized spacial score (nSPS) is 17.2. The maximum Gasteiger partial charge on any atom is 0.261 e. The standard InChI is InChI=1S/C19H21NO5S/c1-24-16-9-6-10-17(25-2)18(16)19(21)20-12-11-15(13-20)26(22,23)14-7-4-3-5-8-14/h3-10,15H,11-13H2,1-2H3. The van der Waals surface area contributed by atoms with E-state index in [0.717, 1.165) is 0 Å². The first kappa shape index (κ1) is 18.3. The number of benzene rings is 2. The Bertz CT molecular complexity index is 873. The van der Waals surface area contributed by atoms with Gasteiger partial charge in [-0.25, -0.2) is 8.42 Å². The highest BCUT2D eigenvalue weighted by Gasteiger charge is 2.37. The van der Waals surface area contributed by atoms with E-state index in [4.69, 9.17) is 9.47 Å². The fraction of sp³-hybridized carbons (Fsp3) is 0.316. The summed E-state index contributed by atoms with van der Waals surface area (Å²) < 4.78 is 36.2. The molecule has 1 aliphatic heterocycles. The van der Waals surface area contributed by atoms with Crippen LogP contribution >= 0.6 is 0 Å². The van der Waals surface area contributed by atoms with E-state index in [1.54, 1.807) is 53.4 Å². The molecule has 26 heavy (non-hydrogen) atoms. The van der Waals surface area contributed by atoms with Crippen LogP contribution in [0.15, 0.2) is 53.4 Å². The first-order valence-corrected chi connectivity index (χ1v) is 9.83. The van der Waals surface area contributed by atoms with E-state index in [0.29, 0.717) is 30.0 Å². The highest BCUT2D eigenvalue weighted by atomic mass is 32.2. The zero-order valence-electron chi connectivity index (χ0n) is 14.7. The third-order valence-corrected chi connectivity index (χ3v) is 6.78. The largest absolute Gasteiger partial charge is 0.496 e. The van der Waals surface area contributed by atoms with Crippen LogP contribution in [0.3, 0.4) is 0 Å². The number of carbonyl (C=O) groups excluding carboxylic acids is 1. The first-order valence-electron chi connectivity index (χ1n) is 8.28. The van der Waals surface area contributed by atoms with Crippen LogP contribution in [0.2, 0.25) is 0 Å². The lowest BCUT2D eigenvalue weighted by molar-refractivity contribution is 0.0786. The fourth-order valence-electron chi connectivity index (χ4n) is 3.19. The van der Waals surface area contributed by atoms with E-state index in [1.807, 2.05) is 0 Å². The van der Waals surface area contributed by atoms with Gasteiger partial charge in [-0.1, -0.05) is 24.3 Å². The summed E-state index contributed by atoms with van der Waals surface area (Å²) in [4.78, 5) is 14.8. The Balaban J connectivity index is 1.85. The second-order valence-corrected chi connectivity index (χ2v) is 8.29. The van der Waals surface area contributed by atoms with Crippen LogP contribution in [-0.4, -0.2) is 51.8 Å². The molecule has 7 heteroatoms. The summed E-state index contributed by atoms with van der Waals surface area (Å²) in [5.41, 5.74) is 0.315. The number of rotatable bonds is 5. The van der Waals surface area contributed by atoms with Gasteiger partial charge in [-0.3, -0.25) is 4.79 Å². The number of hydrogen-bond donors (Lipinski definition) is 0. The quantitative estimate of drug-likeness (QED) is 0.802. The molecule has 3 rings (SSSR count). The zero-order valence-corrected chi connectivity index (χ0v) is 15.5. The Morgan fingerprint density at radius 1 is 1.00 bits per heavy atom. The maximum absolute atomic E-state index is 13.0. The van der Waals surface area contributed by atoms with Gasteiger partial charge in [0.25, 0.3) is 5.91 Å². The van der Waals surface area contributed by atoms with Gasteiger partial charge < -0.3 is 14.4 Å². The van der Waals surface area contributed by atoms with Crippen molar-refractivity contribution in [1.29, 1.82) is 0 Å². The number of sulfone groups is 1. The third kappa shape index (κ3) is 3.26. The molecule has 0 N–H and O–H groups in total. The van der Waals surface area contributed by atoms with Crippen molar-refractivity contribution in [3.05, 3.63) is 54.1 Å². The van der Waals surface area contributed by atoms with Crippen molar-refractivity contribution in [2.45, 2.75) is 16.6 Å². The summed E-state index contributed by atoms with van der Waals surface area (Å²) in [7, 11) is -0.506. The molecule has 0 bridgehead atoms. The van der Waals surface area contributed by atoms with Crippen LogP contribution in [0.1, 0.15) is 16.8 Å². The van der Waals surface area contributed by atoms with E-state index in [1.165, 1.54) is 14.2 Å². The molecule has 2 aromatic rings. The van der Waals surface area contributed by atoms with Gasteiger partial charge >= 0.3 is 0 Å². The predicted octanol–water partition coefficient (Wildman–Crippen LogP) is 2.39. The number of ether oxygens (including phenoxy) is 2. The molecule has 0 spiro atoms. The van der Waals surface area contributed by atoms with Gasteiger partial charge in [0, 0.05) is 13.1 Å². The van der Waals surface area contributed by atoms with Gasteiger partial charge in [-0.2, -0.15) is 0 Å². The molecule has 1 atom stereocenters. The van der Waals surface area contributed by atoms with E-state index in [2.05, 4.69) is 0 Å². The Labute approximate surface area is 153 Å². The molecule has 1 heterocycles. The van der Waals surface area contributed by atoms with Crippen LogP contribution in [0, 0.1) is 0 Å². The molecule has 0 saturated carbocycles. The summed E-state index contributed by atoms with van der Waals surface area (Å²) in [5, 5.41) is -0.616. The van der Waals surface area contributed by atoms with Crippen molar-refractivity contribution in [2.24, 2.45) is 0 Å². The van der Waals surface area contributed by atoms with E-state index in [-0.39, 0.29) is 17.3 Å². The lowest BCUT2D eigenvalue weighted by Gasteiger charge is -2.20. The van der Waals surface area contributed by atoms with Crippen molar-refractivity contribution in [3.63, 3.8) is 0 Å². The van der Waals surface area contributed by atoms with E-state index < -0.39 is 15.1 Å². The minimum atomic E-state index is -3.48. The summed E-state index contributed by atoms with van der Waals surface area (Å²) in [5.74, 6) is 0.525. The van der Waals surface area contributed by atoms with Crippen molar-refractivity contribution in [3.8, 4) is 11.5 Å². The minimum Gasteiger partial charge on any atom is -0.496 e. The smallest absolute Gasteiger partial charge is 0.261 e. The third-order valence-electron chi connectivity index (χ3n) is 4.58. The minimum absolute atomic E-state index is 0.150. The SMILES string of the molecule is COc1cccc(OC)c1C(=O)N1CCC(S(=O)(=O)c2ccccc2)C1. The summed E-state index contributed by atoms with van der Waals surface area (Å²) >= 11 is 0. The topological polar surface area (TPSA) is 72.9 Å². The van der Waals surface area contributed by atoms with E-state index >= 15 is 0 Å². The molecule has 0 aliphatic carbocycles. The van der Waals surface area contributed by atoms with Crippen molar-refractivity contribution < 1.29 is 22.7 Å². The zero-order chi connectivity index (χ0) is 18.7. The molecule has 1 aliphatic rings. The first-order chi connectivity index (χ1) is 12.5. The molecule has 1 unspecified atom stereocenters. The van der Waals surface area contributed by atoms with Gasteiger partial charge in [0.1, 0.15) is 17.1 Å². The number of nitrogens with zero attached hydrogens (tertiary/aromatic N) is 1. The van der Waals surface area contributed by atoms with Crippen LogP contribution in [0.4, 0.5) is 0 Å². The summed E-state index contributed by atoms with van der Waals surface area (Å²) in [6.45, 7) is 0.522. The van der Waals surface area contributed by atoms with Crippen molar-refractivity contribution >= 4 is 15.7 Å². The fourth-order valence-corrected chi connectivity index (χ4v) is 4.90. The predicted molar refractivity (Wildman–Crippen MR) is 97.5 cm³/mol. The van der Waals surface area contributed by atoms with Gasteiger partial charge in [0.05, 0.1) is 24.4 Å². The maximum atomic E-state index is 13.0. The highest BCUT2D eigenvalue weighted by molar-refractivity contribution is 7.92. The number of carbonyl (C=O) groups is 1. The number of hydrogen-bond acceptors (Lipinski definition) is 5. The van der Waals surface area contributed by atoms with Gasteiger partial charge in [-0.15, -0.1) is 0 Å². The monoisotopic (exact) mass is 375 g/mol. The van der Waals surface area contributed by atoms with Crippen LogP contribution in [-0.2, 0) is 9.84 Å². The Kier molecular flexibility index (Phi) is 5.18. The molecule has 138 valence electrons. The molecule has 1 amide bonds. The highest BCUT2D eigenvalue weighted by Crippen LogP contribution is 2.32. The van der Waals surface area contributed by atoms with Crippen LogP contribution in [0.25, 0.3) is 0 Å². The Morgan fingerprint density at radius 2 is 1.62 bits per heavy atom. The van der Waals surface area contributed by atoms with Gasteiger partial charge in [0.2, 0.25) is 0 Å². The molecule has 2 aromatic carbocycles. The molecule has 1 saturated heterocycles. The van der Waals surface area contributed by atoms with Crippen LogP contribution < -0.4 is 9.47 Å². The van der Waals surface area contributed by atoms with Crippen molar-refractivity contribution in [2.75, 3.05) is 27.3 Å². The average molecular weight is 375 g/mol. The van der Waals surface area contributed by atoms with Crippen LogP contribution in [0.5, 0.6) is 11.5 Å². The Hall–Kier alpha value is -2.54. The second kappa shape index (κ2) is 7.37. The van der Waals surface area contributed by atoms with Gasteiger partial charge in [-0.05, 0) is 30.7 Å². The number of likely N-dealkylation sites (tertiary alicyclic amines) is 1. The molecular weight excluding hydrogens is 354 g/mol. The summed E-state index contributed by atoms with van der Waals surface area (Å²) in [6.07, 6.45) is 0.403. The number of amides is 1. The summed E-state index contributed by atoms with van der Waals surface area (Å²) in [6, 6.07) is 13.5. The average Bonchev–Trinajstić information content (AvgIpc) is 3.18. The Morgan fingerprint density at radius 3 is 2.19 bits per heavy atom. The van der Waals surface area contributed by atoms with Crippen molar-refractivity contribution in [1.82, 2.24) is 4.90 Å². The van der Waals surface area contributed by atoms with E-state index in [9.17, 15) is 13.2 Å². The second-order valence-electron chi connectivity index (χ2n) is 6.06. The molecule has 0 radical (unpaired) electrons. The van der Waals surface area contributed by atoms with Gasteiger partial charge in [0.15, 0.2) is 9.84 Å². The lowest BCUT2D eigenvalue weighted by Crippen LogP contribution is -2.32. The molecular formula is C19H21NO5S. The lowest BCUT2D eigenvalue weighted by atomic mass is 10.1. The molecule has 1 fully saturated rings.